The first-order valence-electron chi connectivity index (χ1n) is 3.43. The topological polar surface area (TPSA) is 71.4 Å². The lowest BCUT2D eigenvalue weighted by Gasteiger charge is -1.83. The van der Waals surface area contributed by atoms with Crippen LogP contribution in [0.15, 0.2) is 35.2 Å². The summed E-state index contributed by atoms with van der Waals surface area (Å²) in [4.78, 5) is 9.37. The molecule has 1 N–H and O–H groups in total. The monoisotopic (exact) mass is 202 g/mol. The van der Waals surface area contributed by atoms with Gasteiger partial charge < -0.3 is 5.11 Å². The summed E-state index contributed by atoms with van der Waals surface area (Å²) in [7, 11) is -2.40. The van der Waals surface area contributed by atoms with Crippen LogP contribution in [0.4, 0.5) is 0 Å². The van der Waals surface area contributed by atoms with E-state index in [1.807, 2.05) is 0 Å². The predicted molar refractivity (Wildman–Crippen MR) is 48.3 cm³/mol. The predicted octanol–water partition coefficient (Wildman–Crippen LogP) is 0.748. The van der Waals surface area contributed by atoms with Crippen molar-refractivity contribution in [2.24, 2.45) is 0 Å². The Hall–Kier alpha value is -1.36. The second-order valence-electron chi connectivity index (χ2n) is 2.11. The standard InChI is InChI=1S/C6H6O2S.C2H4O2/c7-9(8)6-4-2-1-3-5-6;1-2(3)4/h1-5,9H;1H3,(H,3,4). The number of thiol groups is 1. The van der Waals surface area contributed by atoms with Gasteiger partial charge >= 0.3 is 0 Å². The summed E-state index contributed by atoms with van der Waals surface area (Å²) in [5.41, 5.74) is 0. The van der Waals surface area contributed by atoms with Crippen molar-refractivity contribution in [2.45, 2.75) is 11.8 Å². The molecule has 0 saturated heterocycles. The minimum Gasteiger partial charge on any atom is -0.481 e. The fraction of sp³-hybridized carbons (Fsp3) is 0.125. The van der Waals surface area contributed by atoms with Crippen LogP contribution in [0.2, 0.25) is 0 Å². The zero-order valence-electron chi connectivity index (χ0n) is 7.01. The molecule has 13 heavy (non-hydrogen) atoms. The lowest BCUT2D eigenvalue weighted by Crippen LogP contribution is -1.78. The Morgan fingerprint density at radius 3 is 1.85 bits per heavy atom. The summed E-state index contributed by atoms with van der Waals surface area (Å²) < 4.78 is 20.5. The summed E-state index contributed by atoms with van der Waals surface area (Å²) in [6, 6.07) is 8.29. The molecule has 0 fully saturated rings. The summed E-state index contributed by atoms with van der Waals surface area (Å²) in [6.07, 6.45) is 0. The van der Waals surface area contributed by atoms with E-state index in [-0.39, 0.29) is 0 Å². The van der Waals surface area contributed by atoms with Crippen LogP contribution in [0.3, 0.4) is 0 Å². The maximum Gasteiger partial charge on any atom is 0.300 e. The van der Waals surface area contributed by atoms with Crippen molar-refractivity contribution in [3.05, 3.63) is 30.3 Å². The van der Waals surface area contributed by atoms with Gasteiger partial charge in [0.25, 0.3) is 5.97 Å². The summed E-state index contributed by atoms with van der Waals surface area (Å²) >= 11 is 0. The van der Waals surface area contributed by atoms with E-state index in [1.54, 1.807) is 30.3 Å². The fourth-order valence-corrected chi connectivity index (χ4v) is 0.965. The Balaban J connectivity index is 0.000000310. The molecule has 72 valence electrons. The molecule has 1 rings (SSSR count). The first kappa shape index (κ1) is 11.6. The van der Waals surface area contributed by atoms with E-state index >= 15 is 0 Å². The van der Waals surface area contributed by atoms with Gasteiger partial charge in [0, 0.05) is 6.92 Å². The zero-order valence-corrected chi connectivity index (χ0v) is 7.90. The van der Waals surface area contributed by atoms with Crippen LogP contribution in [-0.4, -0.2) is 19.5 Å². The first-order valence-corrected chi connectivity index (χ1v) is 4.60. The van der Waals surface area contributed by atoms with Gasteiger partial charge in [-0.3, -0.25) is 4.79 Å². The summed E-state index contributed by atoms with van der Waals surface area (Å²) in [6.45, 7) is 1.08. The minimum atomic E-state index is -2.40. The van der Waals surface area contributed by atoms with Gasteiger partial charge in [-0.05, 0) is 12.1 Å². The van der Waals surface area contributed by atoms with E-state index < -0.39 is 16.7 Å². The molecule has 0 heterocycles. The molecule has 0 bridgehead atoms. The second kappa shape index (κ2) is 6.19. The van der Waals surface area contributed by atoms with E-state index in [9.17, 15) is 8.42 Å². The van der Waals surface area contributed by atoms with Gasteiger partial charge in [-0.1, -0.05) is 18.2 Å². The van der Waals surface area contributed by atoms with Crippen molar-refractivity contribution in [3.63, 3.8) is 0 Å². The van der Waals surface area contributed by atoms with Gasteiger partial charge in [0.1, 0.15) is 0 Å². The average Bonchev–Trinajstić information content (AvgIpc) is 2.05. The molecular formula is C8H10O4S. The van der Waals surface area contributed by atoms with E-state index in [1.165, 1.54) is 0 Å². The summed E-state index contributed by atoms with van der Waals surface area (Å²) in [5, 5.41) is 7.42. The van der Waals surface area contributed by atoms with Gasteiger partial charge in [-0.25, -0.2) is 8.42 Å². The third-order valence-corrected chi connectivity index (χ3v) is 1.69. The van der Waals surface area contributed by atoms with E-state index in [0.29, 0.717) is 4.90 Å². The highest BCUT2D eigenvalue weighted by atomic mass is 32.2. The molecule has 0 unspecified atom stereocenters. The van der Waals surface area contributed by atoms with E-state index in [2.05, 4.69) is 0 Å². The Morgan fingerprint density at radius 1 is 1.23 bits per heavy atom. The fourth-order valence-electron chi connectivity index (χ4n) is 0.550. The molecule has 0 aliphatic rings. The van der Waals surface area contributed by atoms with Crippen LogP contribution in [0.25, 0.3) is 0 Å². The maximum absolute atomic E-state index is 10.2. The van der Waals surface area contributed by atoms with Gasteiger partial charge in [0.05, 0.1) is 4.90 Å². The number of hydrogen-bond acceptors (Lipinski definition) is 3. The molecule has 1 aromatic carbocycles. The number of hydrogen-bond donors (Lipinski definition) is 2. The number of aliphatic carboxylic acids is 1. The molecule has 0 aliphatic heterocycles. The third kappa shape index (κ3) is 7.02. The SMILES string of the molecule is CC(=O)O.O=[SH](=O)c1ccccc1. The van der Waals surface area contributed by atoms with Crippen molar-refractivity contribution in [3.8, 4) is 0 Å². The van der Waals surface area contributed by atoms with Crippen LogP contribution in [0.1, 0.15) is 6.92 Å². The van der Waals surface area contributed by atoms with Gasteiger partial charge in [-0.15, -0.1) is 0 Å². The Morgan fingerprint density at radius 2 is 1.62 bits per heavy atom. The highest BCUT2D eigenvalue weighted by Gasteiger charge is 1.87. The lowest BCUT2D eigenvalue weighted by atomic mass is 10.4. The molecule has 0 saturated carbocycles. The Labute approximate surface area is 77.8 Å². The number of carboxylic acids is 1. The summed E-state index contributed by atoms with van der Waals surface area (Å²) in [5.74, 6) is -0.833. The normalized spacial score (nSPS) is 8.77. The van der Waals surface area contributed by atoms with Crippen molar-refractivity contribution in [1.29, 1.82) is 0 Å². The smallest absolute Gasteiger partial charge is 0.300 e. The molecule has 4 nitrogen and oxygen atoms in total. The van der Waals surface area contributed by atoms with Crippen LogP contribution in [-0.2, 0) is 15.5 Å². The lowest BCUT2D eigenvalue weighted by molar-refractivity contribution is -0.134. The highest BCUT2D eigenvalue weighted by molar-refractivity contribution is 7.72. The number of rotatable bonds is 1. The number of carbonyl (C=O) groups is 1. The largest absolute Gasteiger partial charge is 0.481 e. The maximum atomic E-state index is 10.2. The molecule has 5 heteroatoms. The third-order valence-electron chi connectivity index (χ3n) is 0.967. The van der Waals surface area contributed by atoms with Crippen molar-refractivity contribution >= 4 is 16.7 Å². The average molecular weight is 202 g/mol. The Bertz CT molecular complexity index is 317. The minimum absolute atomic E-state index is 0.368. The highest BCUT2D eigenvalue weighted by Crippen LogP contribution is 1.97. The van der Waals surface area contributed by atoms with Crippen LogP contribution in [0.5, 0.6) is 0 Å². The molecule has 0 amide bonds. The molecule has 0 aromatic heterocycles. The van der Waals surface area contributed by atoms with Crippen LogP contribution >= 0.6 is 0 Å². The van der Waals surface area contributed by atoms with Gasteiger partial charge in [-0.2, -0.15) is 0 Å². The van der Waals surface area contributed by atoms with E-state index in [0.717, 1.165) is 6.92 Å². The Kier molecular flexibility index (Phi) is 5.54. The van der Waals surface area contributed by atoms with Crippen LogP contribution < -0.4 is 0 Å². The molecule has 0 aliphatic carbocycles. The second-order valence-corrected chi connectivity index (χ2v) is 3.14. The molecular weight excluding hydrogens is 192 g/mol. The number of benzene rings is 1. The van der Waals surface area contributed by atoms with E-state index in [4.69, 9.17) is 9.90 Å². The number of carboxylic acid groups (broad SMARTS) is 1. The van der Waals surface area contributed by atoms with Gasteiger partial charge in [0.2, 0.25) is 0 Å². The van der Waals surface area contributed by atoms with Crippen molar-refractivity contribution in [1.82, 2.24) is 0 Å². The molecule has 0 atom stereocenters. The van der Waals surface area contributed by atoms with Crippen molar-refractivity contribution in [2.75, 3.05) is 0 Å². The van der Waals surface area contributed by atoms with Gasteiger partial charge in [0.15, 0.2) is 10.7 Å². The molecule has 1 aromatic rings. The van der Waals surface area contributed by atoms with Crippen LogP contribution in [0, 0.1) is 0 Å². The molecule has 0 spiro atoms. The van der Waals surface area contributed by atoms with Crippen molar-refractivity contribution < 1.29 is 18.3 Å². The zero-order chi connectivity index (χ0) is 10.3. The molecule has 0 radical (unpaired) electrons. The quantitative estimate of drug-likeness (QED) is 0.659. The first-order chi connectivity index (χ1) is 6.04.